The first-order valence-corrected chi connectivity index (χ1v) is 9.24. The lowest BCUT2D eigenvalue weighted by molar-refractivity contribution is -0.114. The molecule has 2 amide bonds. The molecule has 4 rings (SSSR count). The summed E-state index contributed by atoms with van der Waals surface area (Å²) in [5, 5.41) is 4.41. The molecule has 2 aromatic rings. The molecule has 2 aliphatic heterocycles. The van der Waals surface area contributed by atoms with Crippen molar-refractivity contribution >= 4 is 17.5 Å². The van der Waals surface area contributed by atoms with Gasteiger partial charge in [0, 0.05) is 30.9 Å². The second-order valence-corrected chi connectivity index (χ2v) is 7.16. The number of aromatic nitrogens is 3. The zero-order valence-corrected chi connectivity index (χ0v) is 15.7. The molecule has 1 aromatic heterocycles. The Morgan fingerprint density at radius 2 is 2.04 bits per heavy atom. The number of carbonyl (C=O) groups excluding carboxylic acids is 2. The van der Waals surface area contributed by atoms with Crippen molar-refractivity contribution in [2.24, 2.45) is 0 Å². The van der Waals surface area contributed by atoms with Gasteiger partial charge in [-0.2, -0.15) is 5.10 Å². The number of amides is 2. The van der Waals surface area contributed by atoms with E-state index in [9.17, 15) is 9.59 Å². The Morgan fingerprint density at radius 3 is 2.70 bits per heavy atom. The summed E-state index contributed by atoms with van der Waals surface area (Å²) in [5.41, 5.74) is 2.60. The van der Waals surface area contributed by atoms with Crippen LogP contribution in [0.15, 0.2) is 30.9 Å². The first-order chi connectivity index (χ1) is 13.0. The number of hydrogen-bond acceptors (Lipinski definition) is 4. The van der Waals surface area contributed by atoms with Gasteiger partial charge in [0.05, 0.1) is 6.04 Å². The van der Waals surface area contributed by atoms with E-state index in [-0.39, 0.29) is 17.9 Å². The highest BCUT2D eigenvalue weighted by Crippen LogP contribution is 2.30. The fraction of sp³-hybridized carbons (Fsp3) is 0.400. The average molecular weight is 365 g/mol. The molecule has 0 saturated carbocycles. The van der Waals surface area contributed by atoms with Gasteiger partial charge in [-0.3, -0.25) is 9.59 Å². The number of aryl methyl sites for hydroxylation is 3. The van der Waals surface area contributed by atoms with Crippen LogP contribution in [-0.2, 0) is 11.2 Å². The monoisotopic (exact) mass is 365 g/mol. The Balaban J connectivity index is 1.48. The van der Waals surface area contributed by atoms with Crippen LogP contribution in [0.5, 0.6) is 0 Å². The standard InChI is InChI=1S/C20H23N5O2/c1-4-19(26)24-9-5-6-15-10-16(7-8-18(15)24)20(27)23-11-17(12-23)25-14(3)21-13(2)22-25/h4,7-8,10,17H,1,5-6,9,11-12H2,2-3H3. The smallest absolute Gasteiger partial charge is 0.254 e. The van der Waals surface area contributed by atoms with E-state index in [1.807, 2.05) is 41.6 Å². The van der Waals surface area contributed by atoms with Crippen molar-refractivity contribution in [3.05, 3.63) is 53.6 Å². The van der Waals surface area contributed by atoms with E-state index in [1.54, 1.807) is 4.90 Å². The summed E-state index contributed by atoms with van der Waals surface area (Å²) in [6.45, 7) is 9.35. The number of carbonyl (C=O) groups is 2. The molecule has 0 atom stereocenters. The average Bonchev–Trinajstić information content (AvgIpc) is 2.96. The number of fused-ring (bicyclic) bond motifs is 1. The molecule has 1 aromatic carbocycles. The minimum Gasteiger partial charge on any atom is -0.334 e. The summed E-state index contributed by atoms with van der Waals surface area (Å²) in [6.07, 6.45) is 3.10. The van der Waals surface area contributed by atoms with Gasteiger partial charge in [-0.05, 0) is 56.5 Å². The molecule has 1 fully saturated rings. The van der Waals surface area contributed by atoms with Gasteiger partial charge in [0.25, 0.3) is 5.91 Å². The SMILES string of the molecule is C=CC(=O)N1CCCc2cc(C(=O)N3CC(n4nc(C)nc4C)C3)ccc21. The number of anilines is 1. The zero-order chi connectivity index (χ0) is 19.1. The van der Waals surface area contributed by atoms with E-state index in [0.29, 0.717) is 25.2 Å². The number of nitrogens with zero attached hydrogens (tertiary/aromatic N) is 5. The Hall–Kier alpha value is -2.96. The van der Waals surface area contributed by atoms with Gasteiger partial charge in [0.15, 0.2) is 0 Å². The summed E-state index contributed by atoms with van der Waals surface area (Å²) in [6, 6.07) is 5.81. The fourth-order valence-electron chi connectivity index (χ4n) is 3.91. The maximum absolute atomic E-state index is 12.8. The number of likely N-dealkylation sites (tertiary alicyclic amines) is 1. The highest BCUT2D eigenvalue weighted by Gasteiger charge is 2.34. The van der Waals surface area contributed by atoms with Gasteiger partial charge in [-0.25, -0.2) is 9.67 Å². The lowest BCUT2D eigenvalue weighted by Crippen LogP contribution is -2.51. The summed E-state index contributed by atoms with van der Waals surface area (Å²) in [4.78, 5) is 32.8. The van der Waals surface area contributed by atoms with Crippen molar-refractivity contribution in [2.45, 2.75) is 32.7 Å². The first kappa shape index (κ1) is 17.5. The normalized spacial score (nSPS) is 16.7. The lowest BCUT2D eigenvalue weighted by atomic mass is 9.97. The summed E-state index contributed by atoms with van der Waals surface area (Å²) >= 11 is 0. The van der Waals surface area contributed by atoms with Crippen molar-refractivity contribution in [1.82, 2.24) is 19.7 Å². The van der Waals surface area contributed by atoms with Crippen LogP contribution >= 0.6 is 0 Å². The maximum atomic E-state index is 12.8. The predicted molar refractivity (Wildman–Crippen MR) is 102 cm³/mol. The van der Waals surface area contributed by atoms with Crippen molar-refractivity contribution in [1.29, 1.82) is 0 Å². The lowest BCUT2D eigenvalue weighted by Gasteiger charge is -2.39. The van der Waals surface area contributed by atoms with Crippen LogP contribution < -0.4 is 4.90 Å². The molecule has 3 heterocycles. The molecule has 2 aliphatic rings. The fourth-order valence-corrected chi connectivity index (χ4v) is 3.91. The van der Waals surface area contributed by atoms with E-state index in [1.165, 1.54) is 6.08 Å². The van der Waals surface area contributed by atoms with Crippen molar-refractivity contribution in [3.63, 3.8) is 0 Å². The minimum atomic E-state index is -0.0980. The van der Waals surface area contributed by atoms with E-state index >= 15 is 0 Å². The molecule has 140 valence electrons. The Kier molecular flexibility index (Phi) is 4.30. The van der Waals surface area contributed by atoms with Crippen LogP contribution in [0.25, 0.3) is 0 Å². The molecule has 0 unspecified atom stereocenters. The topological polar surface area (TPSA) is 71.3 Å². The Labute approximate surface area is 158 Å². The third-order valence-corrected chi connectivity index (χ3v) is 5.29. The first-order valence-electron chi connectivity index (χ1n) is 9.24. The maximum Gasteiger partial charge on any atom is 0.254 e. The number of benzene rings is 1. The zero-order valence-electron chi connectivity index (χ0n) is 15.7. The highest BCUT2D eigenvalue weighted by molar-refractivity contribution is 6.02. The second-order valence-electron chi connectivity index (χ2n) is 7.16. The van der Waals surface area contributed by atoms with Crippen LogP contribution in [0.3, 0.4) is 0 Å². The predicted octanol–water partition coefficient (Wildman–Crippen LogP) is 2.06. The van der Waals surface area contributed by atoms with Gasteiger partial charge in [-0.15, -0.1) is 0 Å². The van der Waals surface area contributed by atoms with Crippen LogP contribution in [0.1, 0.15) is 40.0 Å². The van der Waals surface area contributed by atoms with Crippen LogP contribution in [0, 0.1) is 13.8 Å². The molecule has 0 N–H and O–H groups in total. The quantitative estimate of drug-likeness (QED) is 0.781. The van der Waals surface area contributed by atoms with Crippen LogP contribution in [0.4, 0.5) is 5.69 Å². The van der Waals surface area contributed by atoms with Gasteiger partial charge >= 0.3 is 0 Å². The van der Waals surface area contributed by atoms with Crippen molar-refractivity contribution < 1.29 is 9.59 Å². The van der Waals surface area contributed by atoms with Crippen LogP contribution in [-0.4, -0.2) is 51.1 Å². The summed E-state index contributed by atoms with van der Waals surface area (Å²) < 4.78 is 1.91. The van der Waals surface area contributed by atoms with E-state index in [2.05, 4.69) is 16.7 Å². The van der Waals surface area contributed by atoms with E-state index < -0.39 is 0 Å². The number of hydrogen-bond donors (Lipinski definition) is 0. The molecular formula is C20H23N5O2. The number of rotatable bonds is 3. The largest absolute Gasteiger partial charge is 0.334 e. The molecule has 7 heteroatoms. The molecule has 0 spiro atoms. The van der Waals surface area contributed by atoms with Gasteiger partial charge in [0.2, 0.25) is 5.91 Å². The minimum absolute atomic E-state index is 0.0238. The Morgan fingerprint density at radius 1 is 1.26 bits per heavy atom. The highest BCUT2D eigenvalue weighted by atomic mass is 16.2. The molecule has 0 aliphatic carbocycles. The Bertz CT molecular complexity index is 926. The van der Waals surface area contributed by atoms with Crippen molar-refractivity contribution in [2.75, 3.05) is 24.5 Å². The second kappa shape index (κ2) is 6.64. The third kappa shape index (κ3) is 3.03. The van der Waals surface area contributed by atoms with Gasteiger partial charge in [0.1, 0.15) is 11.6 Å². The third-order valence-electron chi connectivity index (χ3n) is 5.29. The van der Waals surface area contributed by atoms with Gasteiger partial charge < -0.3 is 9.80 Å². The van der Waals surface area contributed by atoms with E-state index in [0.717, 1.165) is 35.7 Å². The molecule has 27 heavy (non-hydrogen) atoms. The van der Waals surface area contributed by atoms with E-state index in [4.69, 9.17) is 0 Å². The molecule has 0 radical (unpaired) electrons. The summed E-state index contributed by atoms with van der Waals surface area (Å²) in [7, 11) is 0. The summed E-state index contributed by atoms with van der Waals surface area (Å²) in [5.74, 6) is 1.56. The molecule has 1 saturated heterocycles. The molecule has 0 bridgehead atoms. The van der Waals surface area contributed by atoms with Crippen LogP contribution in [0.2, 0.25) is 0 Å². The van der Waals surface area contributed by atoms with Gasteiger partial charge in [-0.1, -0.05) is 6.58 Å². The van der Waals surface area contributed by atoms with Crippen molar-refractivity contribution in [3.8, 4) is 0 Å². The molecular weight excluding hydrogens is 342 g/mol. The molecule has 7 nitrogen and oxygen atoms in total.